The molecule has 0 spiro atoms. The topological polar surface area (TPSA) is 57.9 Å². The minimum Gasteiger partial charge on any atom is -0.497 e. The summed E-state index contributed by atoms with van der Waals surface area (Å²) in [4.78, 5) is 13.3. The first kappa shape index (κ1) is 18.2. The molecule has 3 heterocycles. The van der Waals surface area contributed by atoms with Gasteiger partial charge in [-0.05, 0) is 31.5 Å². The maximum Gasteiger partial charge on any atom is 0.231 e. The summed E-state index contributed by atoms with van der Waals surface area (Å²) >= 11 is 1.70. The van der Waals surface area contributed by atoms with E-state index < -0.39 is 0 Å². The lowest BCUT2D eigenvalue weighted by Crippen LogP contribution is -3.12. The van der Waals surface area contributed by atoms with Gasteiger partial charge >= 0.3 is 0 Å². The number of aryl methyl sites for hydroxylation is 2. The van der Waals surface area contributed by atoms with E-state index >= 15 is 0 Å². The number of fused-ring (bicyclic) bond motifs is 1. The molecular weight excluding hydrogens is 362 g/mol. The van der Waals surface area contributed by atoms with Crippen molar-refractivity contribution in [3.63, 3.8) is 0 Å². The fraction of sp³-hybridized carbons (Fsp3) is 0.400. The number of nitrogens with zero attached hydrogens (tertiary/aromatic N) is 2. The van der Waals surface area contributed by atoms with Gasteiger partial charge in [0.25, 0.3) is 0 Å². The van der Waals surface area contributed by atoms with Gasteiger partial charge in [0.1, 0.15) is 36.0 Å². The quantitative estimate of drug-likeness (QED) is 0.730. The smallest absolute Gasteiger partial charge is 0.231 e. The third-order valence-electron chi connectivity index (χ3n) is 4.91. The number of ether oxygens (including phenoxy) is 3. The third kappa shape index (κ3) is 3.90. The minimum absolute atomic E-state index is 0.623. The Balaban J connectivity index is 1.71. The lowest BCUT2D eigenvalue weighted by atomic mass is 10.2. The maximum absolute atomic E-state index is 6.20. The van der Waals surface area contributed by atoms with Crippen molar-refractivity contribution in [2.45, 2.75) is 20.4 Å². The number of nitrogens with one attached hydrogen (secondary N) is 1. The van der Waals surface area contributed by atoms with Crippen molar-refractivity contribution in [2.75, 3.05) is 33.4 Å². The van der Waals surface area contributed by atoms with E-state index in [0.29, 0.717) is 11.6 Å². The highest BCUT2D eigenvalue weighted by Gasteiger charge is 2.20. The van der Waals surface area contributed by atoms with Gasteiger partial charge in [-0.3, -0.25) is 0 Å². The second kappa shape index (κ2) is 7.80. The lowest BCUT2D eigenvalue weighted by molar-refractivity contribution is -0.922. The van der Waals surface area contributed by atoms with E-state index in [0.717, 1.165) is 54.6 Å². The van der Waals surface area contributed by atoms with Gasteiger partial charge in [0.15, 0.2) is 5.82 Å². The minimum atomic E-state index is 0.623. The van der Waals surface area contributed by atoms with Crippen molar-refractivity contribution in [1.82, 2.24) is 9.97 Å². The molecule has 4 rings (SSSR count). The molecule has 0 amide bonds. The van der Waals surface area contributed by atoms with Crippen LogP contribution in [0.2, 0.25) is 0 Å². The average molecular weight is 386 g/mol. The van der Waals surface area contributed by atoms with Gasteiger partial charge in [-0.25, -0.2) is 4.98 Å². The number of hydrogen-bond donors (Lipinski definition) is 1. The summed E-state index contributed by atoms with van der Waals surface area (Å²) in [5.74, 6) is 2.91. The Kier molecular flexibility index (Phi) is 5.24. The third-order valence-corrected chi connectivity index (χ3v) is 6.01. The second-order valence-electron chi connectivity index (χ2n) is 6.73. The normalized spacial score (nSPS) is 15.2. The van der Waals surface area contributed by atoms with Crippen molar-refractivity contribution in [2.24, 2.45) is 0 Å². The molecule has 6 nitrogen and oxygen atoms in total. The Morgan fingerprint density at radius 1 is 1.15 bits per heavy atom. The Labute approximate surface area is 162 Å². The highest BCUT2D eigenvalue weighted by atomic mass is 32.1. The number of morpholine rings is 1. The van der Waals surface area contributed by atoms with Gasteiger partial charge in [0.2, 0.25) is 5.88 Å². The van der Waals surface area contributed by atoms with Crippen LogP contribution < -0.4 is 14.4 Å². The van der Waals surface area contributed by atoms with Gasteiger partial charge in [-0.2, -0.15) is 4.98 Å². The predicted molar refractivity (Wildman–Crippen MR) is 105 cm³/mol. The van der Waals surface area contributed by atoms with E-state index in [1.54, 1.807) is 18.4 Å². The van der Waals surface area contributed by atoms with Gasteiger partial charge in [0.05, 0.1) is 25.7 Å². The Morgan fingerprint density at radius 2 is 1.93 bits per heavy atom. The highest BCUT2D eigenvalue weighted by Crippen LogP contribution is 2.36. The number of aromatic nitrogens is 2. The summed E-state index contributed by atoms with van der Waals surface area (Å²) in [5, 5.41) is 1.00. The van der Waals surface area contributed by atoms with Crippen LogP contribution in [0, 0.1) is 13.8 Å². The lowest BCUT2D eigenvalue weighted by Gasteiger charge is -2.23. The summed E-state index contributed by atoms with van der Waals surface area (Å²) < 4.78 is 17.0. The van der Waals surface area contributed by atoms with E-state index in [1.165, 1.54) is 15.3 Å². The molecule has 1 aromatic carbocycles. The molecule has 0 saturated carbocycles. The molecule has 0 aliphatic carbocycles. The molecule has 1 aliphatic rings. The Hall–Kier alpha value is -2.22. The average Bonchev–Trinajstić information content (AvgIpc) is 2.97. The summed E-state index contributed by atoms with van der Waals surface area (Å²) in [6.45, 7) is 8.55. The zero-order chi connectivity index (χ0) is 18.8. The van der Waals surface area contributed by atoms with Crippen LogP contribution in [0.5, 0.6) is 17.4 Å². The summed E-state index contributed by atoms with van der Waals surface area (Å²) in [6, 6.07) is 7.60. The number of benzene rings is 1. The number of hydrogen-bond acceptors (Lipinski definition) is 6. The van der Waals surface area contributed by atoms with Crippen LogP contribution in [0.4, 0.5) is 0 Å². The molecule has 27 heavy (non-hydrogen) atoms. The van der Waals surface area contributed by atoms with Crippen molar-refractivity contribution in [3.8, 4) is 17.4 Å². The number of thiophene rings is 1. The van der Waals surface area contributed by atoms with Gasteiger partial charge in [-0.1, -0.05) is 6.07 Å². The van der Waals surface area contributed by atoms with Crippen LogP contribution in [0.3, 0.4) is 0 Å². The monoisotopic (exact) mass is 386 g/mol. The fourth-order valence-corrected chi connectivity index (χ4v) is 4.28. The van der Waals surface area contributed by atoms with Crippen LogP contribution in [-0.4, -0.2) is 43.4 Å². The number of rotatable bonds is 5. The van der Waals surface area contributed by atoms with E-state index in [1.807, 2.05) is 24.3 Å². The van der Waals surface area contributed by atoms with Crippen LogP contribution in [0.1, 0.15) is 16.3 Å². The molecule has 3 aromatic rings. The Morgan fingerprint density at radius 3 is 2.70 bits per heavy atom. The fourth-order valence-electron chi connectivity index (χ4n) is 3.24. The summed E-state index contributed by atoms with van der Waals surface area (Å²) in [7, 11) is 1.65. The summed E-state index contributed by atoms with van der Waals surface area (Å²) in [5.41, 5.74) is 1.18. The molecule has 2 aromatic heterocycles. The molecule has 0 unspecified atom stereocenters. The standard InChI is InChI=1S/C20H23N3O3S/c1-13-14(2)27-20-18(13)19(26-16-6-4-5-15(11-16)24-3)21-17(22-20)12-23-7-9-25-10-8-23/h4-6,11H,7-10,12H2,1-3H3/p+1. The van der Waals surface area contributed by atoms with E-state index in [-0.39, 0.29) is 0 Å². The Bertz CT molecular complexity index is 951. The number of methoxy groups -OCH3 is 1. The molecular formula is C20H24N3O3S+. The zero-order valence-electron chi connectivity index (χ0n) is 15.9. The van der Waals surface area contributed by atoms with Crippen LogP contribution >= 0.6 is 11.3 Å². The van der Waals surface area contributed by atoms with Crippen molar-refractivity contribution in [1.29, 1.82) is 0 Å². The van der Waals surface area contributed by atoms with Crippen LogP contribution in [0.15, 0.2) is 24.3 Å². The molecule has 1 aliphatic heterocycles. The van der Waals surface area contributed by atoms with E-state index in [2.05, 4.69) is 13.8 Å². The van der Waals surface area contributed by atoms with Gasteiger partial charge < -0.3 is 19.1 Å². The number of quaternary nitrogens is 1. The van der Waals surface area contributed by atoms with Gasteiger partial charge in [-0.15, -0.1) is 11.3 Å². The SMILES string of the molecule is COc1cccc(Oc2nc(C[NH+]3CCOCC3)nc3sc(C)c(C)c23)c1. The molecule has 0 radical (unpaired) electrons. The highest BCUT2D eigenvalue weighted by molar-refractivity contribution is 7.18. The van der Waals surface area contributed by atoms with Crippen LogP contribution in [0.25, 0.3) is 10.2 Å². The first-order valence-electron chi connectivity index (χ1n) is 9.14. The van der Waals surface area contributed by atoms with Gasteiger partial charge in [0, 0.05) is 10.9 Å². The van der Waals surface area contributed by atoms with Crippen molar-refractivity contribution < 1.29 is 19.1 Å². The van der Waals surface area contributed by atoms with Crippen LogP contribution in [-0.2, 0) is 11.3 Å². The summed E-state index contributed by atoms with van der Waals surface area (Å²) in [6.07, 6.45) is 0. The first-order valence-corrected chi connectivity index (χ1v) is 9.95. The zero-order valence-corrected chi connectivity index (χ0v) is 16.7. The maximum atomic E-state index is 6.20. The van der Waals surface area contributed by atoms with E-state index in [9.17, 15) is 0 Å². The largest absolute Gasteiger partial charge is 0.497 e. The van der Waals surface area contributed by atoms with Crippen molar-refractivity contribution >= 4 is 21.6 Å². The second-order valence-corrected chi connectivity index (χ2v) is 7.93. The molecule has 142 valence electrons. The molecule has 7 heteroatoms. The van der Waals surface area contributed by atoms with E-state index in [4.69, 9.17) is 24.2 Å². The predicted octanol–water partition coefficient (Wildman–Crippen LogP) is 2.52. The first-order chi connectivity index (χ1) is 13.1. The van der Waals surface area contributed by atoms with Crippen molar-refractivity contribution in [3.05, 3.63) is 40.5 Å². The molecule has 1 N–H and O–H groups in total. The molecule has 1 fully saturated rings. The molecule has 0 bridgehead atoms. The molecule has 1 saturated heterocycles. The molecule has 0 atom stereocenters.